The fourth-order valence-corrected chi connectivity index (χ4v) is 2.56. The molecule has 0 aromatic heterocycles. The lowest BCUT2D eigenvalue weighted by Gasteiger charge is -2.07. The van der Waals surface area contributed by atoms with Crippen LogP contribution >= 0.6 is 12.4 Å². The molecule has 5 nitrogen and oxygen atoms in total. The number of hydrogen-bond donors (Lipinski definition) is 2. The SMILES string of the molecule is CCCNCCNC(=O)c1cccc(CS(C)(=O)=O)c1.Cl. The van der Waals surface area contributed by atoms with E-state index in [1.165, 1.54) is 6.26 Å². The summed E-state index contributed by atoms with van der Waals surface area (Å²) in [5.74, 6) is -0.231. The molecule has 0 aliphatic heterocycles. The van der Waals surface area contributed by atoms with Crippen molar-refractivity contribution in [3.8, 4) is 0 Å². The molecule has 1 amide bonds. The molecular formula is C14H23ClN2O3S. The van der Waals surface area contributed by atoms with Crippen LogP contribution in [0, 0.1) is 0 Å². The number of carbonyl (C=O) groups is 1. The lowest BCUT2D eigenvalue weighted by atomic mass is 10.1. The Balaban J connectivity index is 0.00000400. The second kappa shape index (κ2) is 9.76. The second-order valence-corrected chi connectivity index (χ2v) is 6.92. The quantitative estimate of drug-likeness (QED) is 0.704. The maximum absolute atomic E-state index is 11.9. The molecule has 0 spiro atoms. The first-order valence-corrected chi connectivity index (χ1v) is 8.74. The molecule has 0 unspecified atom stereocenters. The maximum Gasteiger partial charge on any atom is 0.251 e. The summed E-state index contributed by atoms with van der Waals surface area (Å²) in [5, 5.41) is 5.99. The molecule has 1 aromatic carbocycles. The molecule has 1 rings (SSSR count). The second-order valence-electron chi connectivity index (χ2n) is 4.78. The zero-order valence-electron chi connectivity index (χ0n) is 12.4. The predicted octanol–water partition coefficient (Wildman–Crippen LogP) is 1.38. The number of nitrogens with one attached hydrogen (secondary N) is 2. The Morgan fingerprint density at radius 1 is 1.19 bits per heavy atom. The normalized spacial score (nSPS) is 10.8. The highest BCUT2D eigenvalue weighted by Gasteiger charge is 2.08. The van der Waals surface area contributed by atoms with Crippen LogP contribution in [0.4, 0.5) is 0 Å². The Kier molecular flexibility index (Phi) is 9.24. The van der Waals surface area contributed by atoms with Gasteiger partial charge in [-0.05, 0) is 30.7 Å². The molecule has 7 heteroatoms. The standard InChI is InChI=1S/C14H22N2O3S.ClH/c1-3-7-15-8-9-16-14(17)13-6-4-5-12(10-13)11-20(2,18)19;/h4-6,10,15H,3,7-9,11H2,1-2H3,(H,16,17);1H. The summed E-state index contributed by atoms with van der Waals surface area (Å²) in [7, 11) is -3.09. The minimum Gasteiger partial charge on any atom is -0.351 e. The molecule has 0 aliphatic rings. The van der Waals surface area contributed by atoms with Crippen LogP contribution in [0.15, 0.2) is 24.3 Å². The van der Waals surface area contributed by atoms with Crippen LogP contribution in [0.5, 0.6) is 0 Å². The van der Waals surface area contributed by atoms with Crippen molar-refractivity contribution in [2.45, 2.75) is 19.1 Å². The minimum atomic E-state index is -3.09. The molecule has 21 heavy (non-hydrogen) atoms. The van der Waals surface area contributed by atoms with Crippen LogP contribution in [-0.2, 0) is 15.6 Å². The number of rotatable bonds is 8. The highest BCUT2D eigenvalue weighted by atomic mass is 35.5. The fraction of sp³-hybridized carbons (Fsp3) is 0.500. The summed E-state index contributed by atoms with van der Waals surface area (Å²) in [6, 6.07) is 6.71. The average molecular weight is 335 g/mol. The summed E-state index contributed by atoms with van der Waals surface area (Å²) in [6.45, 7) is 4.29. The molecule has 0 saturated heterocycles. The molecular weight excluding hydrogens is 312 g/mol. The summed E-state index contributed by atoms with van der Waals surface area (Å²) in [5.41, 5.74) is 1.12. The number of amides is 1. The van der Waals surface area contributed by atoms with Crippen LogP contribution in [0.1, 0.15) is 29.3 Å². The maximum atomic E-state index is 11.9. The van der Waals surface area contributed by atoms with Gasteiger partial charge >= 0.3 is 0 Å². The van der Waals surface area contributed by atoms with Gasteiger partial charge in [-0.3, -0.25) is 4.79 Å². The molecule has 0 atom stereocenters. The number of halogens is 1. The van der Waals surface area contributed by atoms with Crippen molar-refractivity contribution in [2.75, 3.05) is 25.9 Å². The summed E-state index contributed by atoms with van der Waals surface area (Å²) >= 11 is 0. The molecule has 0 radical (unpaired) electrons. The Hall–Kier alpha value is -1.11. The van der Waals surface area contributed by atoms with Crippen molar-refractivity contribution in [2.24, 2.45) is 0 Å². The van der Waals surface area contributed by atoms with Crippen molar-refractivity contribution < 1.29 is 13.2 Å². The van der Waals surface area contributed by atoms with Gasteiger partial charge < -0.3 is 10.6 Å². The first-order valence-electron chi connectivity index (χ1n) is 6.68. The molecule has 0 heterocycles. The first-order chi connectivity index (χ1) is 9.42. The third-order valence-electron chi connectivity index (χ3n) is 2.63. The van der Waals surface area contributed by atoms with Gasteiger partial charge in [-0.15, -0.1) is 12.4 Å². The van der Waals surface area contributed by atoms with Gasteiger partial charge in [0.2, 0.25) is 0 Å². The van der Waals surface area contributed by atoms with Crippen LogP contribution < -0.4 is 10.6 Å². The molecule has 0 bridgehead atoms. The van der Waals surface area contributed by atoms with Crippen molar-refractivity contribution in [3.05, 3.63) is 35.4 Å². The van der Waals surface area contributed by atoms with Gasteiger partial charge in [0.25, 0.3) is 5.91 Å². The number of benzene rings is 1. The molecule has 2 N–H and O–H groups in total. The van der Waals surface area contributed by atoms with Crippen LogP contribution in [-0.4, -0.2) is 40.2 Å². The Bertz CT molecular complexity index is 547. The van der Waals surface area contributed by atoms with E-state index in [0.29, 0.717) is 17.7 Å². The van der Waals surface area contributed by atoms with E-state index in [9.17, 15) is 13.2 Å². The Labute approximate surface area is 132 Å². The lowest BCUT2D eigenvalue weighted by Crippen LogP contribution is -2.32. The van der Waals surface area contributed by atoms with E-state index in [2.05, 4.69) is 17.6 Å². The van der Waals surface area contributed by atoms with Crippen molar-refractivity contribution in [1.82, 2.24) is 10.6 Å². The smallest absolute Gasteiger partial charge is 0.251 e. The largest absolute Gasteiger partial charge is 0.351 e. The third-order valence-corrected chi connectivity index (χ3v) is 3.49. The van der Waals surface area contributed by atoms with Crippen LogP contribution in [0.3, 0.4) is 0 Å². The molecule has 1 aromatic rings. The highest BCUT2D eigenvalue weighted by Crippen LogP contribution is 2.08. The van der Waals surface area contributed by atoms with Crippen LogP contribution in [0.25, 0.3) is 0 Å². The van der Waals surface area contributed by atoms with E-state index in [1.54, 1.807) is 24.3 Å². The summed E-state index contributed by atoms with van der Waals surface area (Å²) in [4.78, 5) is 11.9. The van der Waals surface area contributed by atoms with Crippen molar-refractivity contribution in [1.29, 1.82) is 0 Å². The third kappa shape index (κ3) is 8.70. The van der Waals surface area contributed by atoms with E-state index in [4.69, 9.17) is 0 Å². The number of hydrogen-bond acceptors (Lipinski definition) is 4. The van der Waals surface area contributed by atoms with E-state index in [0.717, 1.165) is 19.5 Å². The lowest BCUT2D eigenvalue weighted by molar-refractivity contribution is 0.0954. The highest BCUT2D eigenvalue weighted by molar-refractivity contribution is 7.89. The molecule has 0 aliphatic carbocycles. The Morgan fingerprint density at radius 3 is 2.52 bits per heavy atom. The minimum absolute atomic E-state index is 0. The number of carbonyl (C=O) groups excluding carboxylic acids is 1. The zero-order valence-corrected chi connectivity index (χ0v) is 14.0. The van der Waals surface area contributed by atoms with Gasteiger partial charge in [-0.25, -0.2) is 8.42 Å². The van der Waals surface area contributed by atoms with Gasteiger partial charge in [-0.2, -0.15) is 0 Å². The molecule has 120 valence electrons. The van der Waals surface area contributed by atoms with Gasteiger partial charge in [0.1, 0.15) is 0 Å². The summed E-state index contributed by atoms with van der Waals surface area (Å²) in [6.07, 6.45) is 2.24. The molecule has 0 saturated carbocycles. The first kappa shape index (κ1) is 19.9. The van der Waals surface area contributed by atoms with Gasteiger partial charge in [0.15, 0.2) is 9.84 Å². The van der Waals surface area contributed by atoms with Crippen LogP contribution in [0.2, 0.25) is 0 Å². The predicted molar refractivity (Wildman–Crippen MR) is 87.7 cm³/mol. The van der Waals surface area contributed by atoms with E-state index in [1.807, 2.05) is 0 Å². The van der Waals surface area contributed by atoms with E-state index < -0.39 is 9.84 Å². The van der Waals surface area contributed by atoms with E-state index >= 15 is 0 Å². The summed E-state index contributed by atoms with van der Waals surface area (Å²) < 4.78 is 22.5. The molecule has 0 fully saturated rings. The van der Waals surface area contributed by atoms with Gasteiger partial charge in [0.05, 0.1) is 5.75 Å². The van der Waals surface area contributed by atoms with Gasteiger partial charge in [0, 0.05) is 24.9 Å². The van der Waals surface area contributed by atoms with E-state index in [-0.39, 0.29) is 24.1 Å². The topological polar surface area (TPSA) is 75.3 Å². The van der Waals surface area contributed by atoms with Crippen molar-refractivity contribution >= 4 is 28.2 Å². The fourth-order valence-electron chi connectivity index (χ4n) is 1.77. The average Bonchev–Trinajstić information content (AvgIpc) is 2.36. The van der Waals surface area contributed by atoms with Gasteiger partial charge in [-0.1, -0.05) is 19.1 Å². The zero-order chi connectivity index (χ0) is 15.0. The van der Waals surface area contributed by atoms with Crippen molar-refractivity contribution in [3.63, 3.8) is 0 Å². The number of sulfone groups is 1. The Morgan fingerprint density at radius 2 is 1.90 bits per heavy atom. The monoisotopic (exact) mass is 334 g/mol.